The lowest BCUT2D eigenvalue weighted by molar-refractivity contribution is -0.141. The molecule has 0 aliphatic carbocycles. The molecule has 2 aromatic rings. The molecule has 0 radical (unpaired) electrons. The van der Waals surface area contributed by atoms with Crippen molar-refractivity contribution in [1.29, 1.82) is 0 Å². The summed E-state index contributed by atoms with van der Waals surface area (Å²) in [6.45, 7) is 10.0. The maximum atomic E-state index is 11.3. The van der Waals surface area contributed by atoms with Crippen molar-refractivity contribution in [2.24, 2.45) is 5.92 Å². The molecule has 4 heteroatoms. The van der Waals surface area contributed by atoms with Gasteiger partial charge < -0.3 is 9.67 Å². The first-order chi connectivity index (χ1) is 9.23. The standard InChI is InChI=1S/C16H22N2O2/c1-10(11(2)15(19)20)14-17-12-8-6-7-9-13(12)18(14)16(3,4)5/h6-11H,1-5H3,(H,19,20). The van der Waals surface area contributed by atoms with Gasteiger partial charge in [0.2, 0.25) is 0 Å². The molecular formula is C16H22N2O2. The van der Waals surface area contributed by atoms with E-state index in [1.54, 1.807) is 6.92 Å². The lowest BCUT2D eigenvalue weighted by atomic mass is 9.94. The Kier molecular flexibility index (Phi) is 3.59. The van der Waals surface area contributed by atoms with Gasteiger partial charge >= 0.3 is 5.97 Å². The van der Waals surface area contributed by atoms with Crippen LogP contribution in [0.2, 0.25) is 0 Å². The number of benzene rings is 1. The number of fused-ring (bicyclic) bond motifs is 1. The normalized spacial score (nSPS) is 15.2. The molecule has 0 amide bonds. The number of rotatable bonds is 3. The topological polar surface area (TPSA) is 55.1 Å². The highest BCUT2D eigenvalue weighted by Crippen LogP contribution is 2.32. The quantitative estimate of drug-likeness (QED) is 0.930. The molecule has 2 unspecified atom stereocenters. The van der Waals surface area contributed by atoms with Crippen LogP contribution in [-0.2, 0) is 10.3 Å². The third kappa shape index (κ3) is 2.42. The van der Waals surface area contributed by atoms with Crippen molar-refractivity contribution >= 4 is 17.0 Å². The second kappa shape index (κ2) is 4.93. The van der Waals surface area contributed by atoms with Crippen LogP contribution >= 0.6 is 0 Å². The van der Waals surface area contributed by atoms with Crippen LogP contribution in [0.5, 0.6) is 0 Å². The number of hydrogen-bond donors (Lipinski definition) is 1. The van der Waals surface area contributed by atoms with E-state index in [1.807, 2.05) is 31.2 Å². The van der Waals surface area contributed by atoms with E-state index in [1.165, 1.54) is 0 Å². The number of carboxylic acids is 1. The Bertz CT molecular complexity index is 637. The maximum Gasteiger partial charge on any atom is 0.306 e. The summed E-state index contributed by atoms with van der Waals surface area (Å²) in [5, 5.41) is 9.25. The van der Waals surface area contributed by atoms with Gasteiger partial charge in [0.1, 0.15) is 5.82 Å². The average Bonchev–Trinajstić information content (AvgIpc) is 2.75. The first-order valence-corrected chi connectivity index (χ1v) is 6.94. The zero-order valence-corrected chi connectivity index (χ0v) is 12.7. The molecule has 108 valence electrons. The summed E-state index contributed by atoms with van der Waals surface area (Å²) in [6.07, 6.45) is 0. The van der Waals surface area contributed by atoms with Crippen molar-refractivity contribution in [3.63, 3.8) is 0 Å². The second-order valence-electron chi connectivity index (χ2n) is 6.38. The van der Waals surface area contributed by atoms with Gasteiger partial charge in [-0.05, 0) is 32.9 Å². The average molecular weight is 274 g/mol. The maximum absolute atomic E-state index is 11.3. The highest BCUT2D eigenvalue weighted by atomic mass is 16.4. The highest BCUT2D eigenvalue weighted by Gasteiger charge is 2.29. The Morgan fingerprint density at radius 3 is 2.40 bits per heavy atom. The molecule has 2 atom stereocenters. The fourth-order valence-corrected chi connectivity index (χ4v) is 2.49. The lowest BCUT2D eigenvalue weighted by Crippen LogP contribution is -2.28. The van der Waals surface area contributed by atoms with Gasteiger partial charge in [-0.15, -0.1) is 0 Å². The number of para-hydroxylation sites is 2. The van der Waals surface area contributed by atoms with Crippen molar-refractivity contribution in [2.75, 3.05) is 0 Å². The molecule has 0 spiro atoms. The number of nitrogens with zero attached hydrogens (tertiary/aromatic N) is 2. The molecule has 0 fully saturated rings. The van der Waals surface area contributed by atoms with E-state index in [9.17, 15) is 9.90 Å². The minimum Gasteiger partial charge on any atom is -0.481 e. The van der Waals surface area contributed by atoms with Crippen LogP contribution in [0.25, 0.3) is 11.0 Å². The van der Waals surface area contributed by atoms with Crippen molar-refractivity contribution in [1.82, 2.24) is 9.55 Å². The number of aromatic nitrogens is 2. The van der Waals surface area contributed by atoms with Gasteiger partial charge in [-0.25, -0.2) is 4.98 Å². The fourth-order valence-electron chi connectivity index (χ4n) is 2.49. The van der Waals surface area contributed by atoms with Crippen molar-refractivity contribution < 1.29 is 9.90 Å². The van der Waals surface area contributed by atoms with Gasteiger partial charge in [-0.1, -0.05) is 26.0 Å². The van der Waals surface area contributed by atoms with Gasteiger partial charge in [-0.3, -0.25) is 4.79 Å². The zero-order valence-electron chi connectivity index (χ0n) is 12.7. The number of hydrogen-bond acceptors (Lipinski definition) is 2. The van der Waals surface area contributed by atoms with E-state index >= 15 is 0 Å². The largest absolute Gasteiger partial charge is 0.481 e. The lowest BCUT2D eigenvalue weighted by Gasteiger charge is -2.27. The SMILES string of the molecule is CC(C(=O)O)C(C)c1nc2ccccc2n1C(C)(C)C. The highest BCUT2D eigenvalue weighted by molar-refractivity contribution is 5.77. The Labute approximate surface area is 119 Å². The van der Waals surface area contributed by atoms with Crippen LogP contribution in [0.1, 0.15) is 46.4 Å². The summed E-state index contributed by atoms with van der Waals surface area (Å²) in [5.41, 5.74) is 1.83. The van der Waals surface area contributed by atoms with Gasteiger partial charge in [0.05, 0.1) is 17.0 Å². The van der Waals surface area contributed by atoms with Gasteiger partial charge in [0.25, 0.3) is 0 Å². The van der Waals surface area contributed by atoms with E-state index < -0.39 is 11.9 Å². The monoisotopic (exact) mass is 274 g/mol. The fraction of sp³-hybridized carbons (Fsp3) is 0.500. The van der Waals surface area contributed by atoms with Crippen molar-refractivity contribution in [2.45, 2.75) is 46.1 Å². The second-order valence-corrected chi connectivity index (χ2v) is 6.38. The molecule has 0 saturated carbocycles. The number of aliphatic carboxylic acids is 1. The smallest absolute Gasteiger partial charge is 0.306 e. The molecule has 4 nitrogen and oxygen atoms in total. The minimum absolute atomic E-state index is 0.140. The van der Waals surface area contributed by atoms with E-state index in [0.29, 0.717) is 0 Å². The molecule has 20 heavy (non-hydrogen) atoms. The molecule has 0 aliphatic rings. The van der Waals surface area contributed by atoms with Crippen molar-refractivity contribution in [3.05, 3.63) is 30.1 Å². The summed E-state index contributed by atoms with van der Waals surface area (Å²) in [4.78, 5) is 15.9. The predicted molar refractivity (Wildman–Crippen MR) is 79.9 cm³/mol. The summed E-state index contributed by atoms with van der Waals surface area (Å²) in [5.74, 6) is -0.550. The first kappa shape index (κ1) is 14.6. The van der Waals surface area contributed by atoms with Crippen LogP contribution in [0.15, 0.2) is 24.3 Å². The van der Waals surface area contributed by atoms with Gasteiger partial charge in [-0.2, -0.15) is 0 Å². The first-order valence-electron chi connectivity index (χ1n) is 6.94. The van der Waals surface area contributed by atoms with Crippen LogP contribution < -0.4 is 0 Å². The van der Waals surface area contributed by atoms with Crippen LogP contribution in [0, 0.1) is 5.92 Å². The number of carboxylic acid groups (broad SMARTS) is 1. The van der Waals surface area contributed by atoms with Crippen LogP contribution in [-0.4, -0.2) is 20.6 Å². The molecule has 1 N–H and O–H groups in total. The third-order valence-corrected chi connectivity index (χ3v) is 3.80. The Morgan fingerprint density at radius 2 is 1.85 bits per heavy atom. The molecule has 1 aromatic carbocycles. The molecule has 0 aliphatic heterocycles. The summed E-state index contributed by atoms with van der Waals surface area (Å²) >= 11 is 0. The van der Waals surface area contributed by atoms with Crippen LogP contribution in [0.3, 0.4) is 0 Å². The van der Waals surface area contributed by atoms with Gasteiger partial charge in [0.15, 0.2) is 0 Å². The number of carbonyl (C=O) groups is 1. The molecular weight excluding hydrogens is 252 g/mol. The van der Waals surface area contributed by atoms with E-state index in [4.69, 9.17) is 0 Å². The zero-order chi connectivity index (χ0) is 15.1. The third-order valence-electron chi connectivity index (χ3n) is 3.80. The van der Waals surface area contributed by atoms with Crippen LogP contribution in [0.4, 0.5) is 0 Å². The minimum atomic E-state index is -0.787. The Morgan fingerprint density at radius 1 is 1.25 bits per heavy atom. The van der Waals surface area contributed by atoms with E-state index in [0.717, 1.165) is 16.9 Å². The Hall–Kier alpha value is -1.84. The predicted octanol–water partition coefficient (Wildman–Crippen LogP) is 3.62. The van der Waals surface area contributed by atoms with Gasteiger partial charge in [0, 0.05) is 11.5 Å². The molecule has 2 rings (SSSR count). The van der Waals surface area contributed by atoms with Crippen molar-refractivity contribution in [3.8, 4) is 0 Å². The van der Waals surface area contributed by atoms with E-state index in [2.05, 4.69) is 30.3 Å². The number of imidazole rings is 1. The molecule has 1 heterocycles. The summed E-state index contributed by atoms with van der Waals surface area (Å²) in [7, 11) is 0. The molecule has 0 bridgehead atoms. The summed E-state index contributed by atoms with van der Waals surface area (Å²) in [6, 6.07) is 7.95. The Balaban J connectivity index is 2.66. The summed E-state index contributed by atoms with van der Waals surface area (Å²) < 4.78 is 2.16. The van der Waals surface area contributed by atoms with E-state index in [-0.39, 0.29) is 11.5 Å². The molecule has 0 saturated heterocycles. The molecule has 1 aromatic heterocycles.